The molecule has 4 N–H and O–H groups in total. The van der Waals surface area contributed by atoms with Crippen molar-refractivity contribution in [3.05, 3.63) is 35.9 Å². The van der Waals surface area contributed by atoms with E-state index in [0.717, 1.165) is 5.56 Å². The highest BCUT2D eigenvalue weighted by Crippen LogP contribution is 2.19. The molecule has 1 aromatic rings. The van der Waals surface area contributed by atoms with Gasteiger partial charge >= 0.3 is 5.97 Å². The number of carbonyl (C=O) groups excluding carboxylic acids is 1. The number of aliphatic hydroxyl groups excluding tert-OH is 1. The van der Waals surface area contributed by atoms with Gasteiger partial charge in [0.25, 0.3) is 0 Å². The lowest BCUT2D eigenvalue weighted by atomic mass is 9.90. The number of hydrogen-bond donors (Lipinski definition) is 3. The Morgan fingerprint density at radius 3 is 2.46 bits per heavy atom. The Labute approximate surface area is 158 Å². The van der Waals surface area contributed by atoms with Crippen molar-refractivity contribution in [2.24, 2.45) is 17.6 Å². The first-order valence-electron chi connectivity index (χ1n) is 9.27. The predicted molar refractivity (Wildman–Crippen MR) is 103 cm³/mol. The molecule has 26 heavy (non-hydrogen) atoms. The first-order chi connectivity index (χ1) is 12.0. The number of rotatable bonds is 9. The summed E-state index contributed by atoms with van der Waals surface area (Å²) in [5.41, 5.74) is 6.56. The zero-order valence-corrected chi connectivity index (χ0v) is 16.9. The van der Waals surface area contributed by atoms with Crippen molar-refractivity contribution in [2.75, 3.05) is 6.54 Å². The van der Waals surface area contributed by atoms with Crippen LogP contribution in [0.2, 0.25) is 0 Å². The molecule has 0 aromatic heterocycles. The van der Waals surface area contributed by atoms with Gasteiger partial charge in [-0.1, -0.05) is 32.9 Å². The lowest BCUT2D eigenvalue weighted by Gasteiger charge is -2.31. The molecule has 0 amide bonds. The number of nitrogens with two attached hydrogens (primary N) is 1. The third kappa shape index (κ3) is 7.74. The summed E-state index contributed by atoms with van der Waals surface area (Å²) in [6, 6.07) is 10.3. The predicted octanol–water partition coefficient (Wildman–Crippen LogP) is 2.11. The molecular formula is C21H34N2O3. The molecule has 1 aromatic carbocycles. The summed E-state index contributed by atoms with van der Waals surface area (Å²) in [5.74, 6) is 0.0575. The van der Waals surface area contributed by atoms with Crippen molar-refractivity contribution < 1.29 is 14.6 Å². The minimum atomic E-state index is -0.775. The minimum Gasteiger partial charge on any atom is -0.459 e. The summed E-state index contributed by atoms with van der Waals surface area (Å²) >= 11 is 0. The number of nitrogens with one attached hydrogen (secondary N) is 1. The normalized spacial score (nSPS) is 16.5. The number of ether oxygens (including phenoxy) is 1. The highest BCUT2D eigenvalue weighted by Gasteiger charge is 2.32. The zero-order chi connectivity index (χ0) is 19.9. The molecular weight excluding hydrogens is 328 g/mol. The molecule has 0 aliphatic rings. The first-order valence-corrected chi connectivity index (χ1v) is 9.27. The van der Waals surface area contributed by atoms with E-state index in [1.54, 1.807) is 6.07 Å². The van der Waals surface area contributed by atoms with Gasteiger partial charge in [-0.15, -0.1) is 0 Å². The fraction of sp³-hybridized carbons (Fsp3) is 0.667. The Balaban J connectivity index is 2.67. The van der Waals surface area contributed by atoms with E-state index in [2.05, 4.69) is 31.3 Å². The van der Waals surface area contributed by atoms with E-state index >= 15 is 0 Å². The van der Waals surface area contributed by atoms with Gasteiger partial charge in [-0.05, 0) is 62.8 Å². The quantitative estimate of drug-likeness (QED) is 0.586. The molecule has 0 radical (unpaired) electrons. The van der Waals surface area contributed by atoms with Crippen molar-refractivity contribution in [1.29, 1.82) is 0 Å². The van der Waals surface area contributed by atoms with Crippen LogP contribution < -0.4 is 11.1 Å². The van der Waals surface area contributed by atoms with Crippen molar-refractivity contribution in [3.8, 4) is 0 Å². The lowest BCUT2D eigenvalue weighted by Crippen LogP contribution is -2.52. The van der Waals surface area contributed by atoms with Crippen LogP contribution in [0.15, 0.2) is 18.2 Å². The van der Waals surface area contributed by atoms with Crippen molar-refractivity contribution in [1.82, 2.24) is 5.32 Å². The molecule has 5 heteroatoms. The molecule has 4 atom stereocenters. The maximum absolute atomic E-state index is 12.6. The Hall–Kier alpha value is -1.61. The van der Waals surface area contributed by atoms with Crippen molar-refractivity contribution in [3.63, 3.8) is 0 Å². The fourth-order valence-corrected chi connectivity index (χ4v) is 2.55. The number of carbonyl (C=O) groups is 1. The molecule has 2 unspecified atom stereocenters. The topological polar surface area (TPSA) is 84.6 Å². The SMILES string of the molecule is CC(C)C(C)C(NC[C@@H](O)[C@H](N)Cc1cc#ccc1)C(=O)OC(C)(C)C. The molecule has 5 nitrogen and oxygen atoms in total. The monoisotopic (exact) mass is 362 g/mol. The molecule has 0 aliphatic heterocycles. The van der Waals surface area contributed by atoms with Crippen LogP contribution >= 0.6 is 0 Å². The van der Waals surface area contributed by atoms with Crippen LogP contribution in [0.25, 0.3) is 0 Å². The summed E-state index contributed by atoms with van der Waals surface area (Å²) < 4.78 is 5.54. The summed E-state index contributed by atoms with van der Waals surface area (Å²) in [5, 5.41) is 13.6. The van der Waals surface area contributed by atoms with Crippen LogP contribution in [0.4, 0.5) is 0 Å². The smallest absolute Gasteiger partial charge is 0.323 e. The summed E-state index contributed by atoms with van der Waals surface area (Å²) in [6.07, 6.45) is -0.242. The molecule has 0 saturated carbocycles. The van der Waals surface area contributed by atoms with Gasteiger partial charge in [0.2, 0.25) is 0 Å². The van der Waals surface area contributed by atoms with Gasteiger partial charge in [-0.3, -0.25) is 4.79 Å². The molecule has 0 spiro atoms. The second-order valence-corrected chi connectivity index (χ2v) is 8.30. The average molecular weight is 363 g/mol. The Bertz CT molecular complexity index is 540. The molecule has 0 fully saturated rings. The Morgan fingerprint density at radius 2 is 1.96 bits per heavy atom. The van der Waals surface area contributed by atoms with Gasteiger partial charge < -0.3 is 20.9 Å². The molecule has 0 saturated heterocycles. The summed E-state index contributed by atoms with van der Waals surface area (Å²) in [7, 11) is 0. The fourth-order valence-electron chi connectivity index (χ4n) is 2.55. The van der Waals surface area contributed by atoms with Crippen molar-refractivity contribution in [2.45, 2.75) is 71.8 Å². The Kier molecular flexibility index (Phi) is 8.55. The van der Waals surface area contributed by atoms with Crippen LogP contribution in [-0.2, 0) is 16.0 Å². The summed E-state index contributed by atoms with van der Waals surface area (Å²) in [4.78, 5) is 12.6. The maximum atomic E-state index is 12.6. The van der Waals surface area contributed by atoms with Crippen LogP contribution in [0.1, 0.15) is 47.1 Å². The third-order valence-electron chi connectivity index (χ3n) is 4.47. The third-order valence-corrected chi connectivity index (χ3v) is 4.47. The zero-order valence-electron chi connectivity index (χ0n) is 16.9. The van der Waals surface area contributed by atoms with Crippen LogP contribution in [0.5, 0.6) is 0 Å². The number of aliphatic hydroxyl groups is 1. The summed E-state index contributed by atoms with van der Waals surface area (Å²) in [6.45, 7) is 11.9. The minimum absolute atomic E-state index is 0.0625. The van der Waals surface area contributed by atoms with Crippen LogP contribution in [0, 0.1) is 24.0 Å². The highest BCUT2D eigenvalue weighted by molar-refractivity contribution is 5.76. The van der Waals surface area contributed by atoms with Gasteiger partial charge in [0, 0.05) is 12.6 Å². The van der Waals surface area contributed by atoms with Crippen LogP contribution in [0.3, 0.4) is 0 Å². The molecule has 1 rings (SSSR count). The molecule has 0 aliphatic carbocycles. The largest absolute Gasteiger partial charge is 0.459 e. The van der Waals surface area contributed by atoms with E-state index in [9.17, 15) is 9.90 Å². The second-order valence-electron chi connectivity index (χ2n) is 8.30. The molecule has 0 bridgehead atoms. The second kappa shape index (κ2) is 9.91. The Morgan fingerprint density at radius 1 is 1.31 bits per heavy atom. The standard InChI is InChI=1S/C21H34N2O3/c1-14(2)15(3)19(20(25)26-21(4,5)6)23-13-18(24)17(22)12-16-10-8-7-9-11-16/h8,10-11,14-15,17-19,23-24H,12-13,22H2,1-6H3/t15?,17-,18-,19?/m1/s1. The lowest BCUT2D eigenvalue weighted by molar-refractivity contribution is -0.159. The maximum Gasteiger partial charge on any atom is 0.323 e. The van der Waals surface area contributed by atoms with Crippen LogP contribution in [-0.4, -0.2) is 41.4 Å². The van der Waals surface area contributed by atoms with Crippen molar-refractivity contribution >= 4 is 5.97 Å². The van der Waals surface area contributed by atoms with E-state index in [0.29, 0.717) is 12.3 Å². The molecule has 146 valence electrons. The molecule has 0 heterocycles. The van der Waals surface area contributed by atoms with E-state index in [1.807, 2.05) is 39.8 Å². The van der Waals surface area contributed by atoms with Gasteiger partial charge in [-0.25, -0.2) is 0 Å². The van der Waals surface area contributed by atoms with Gasteiger partial charge in [0.15, 0.2) is 0 Å². The van der Waals surface area contributed by atoms with E-state index in [1.165, 1.54) is 0 Å². The van der Waals surface area contributed by atoms with E-state index in [-0.39, 0.29) is 18.4 Å². The highest BCUT2D eigenvalue weighted by atomic mass is 16.6. The van der Waals surface area contributed by atoms with Gasteiger partial charge in [0.05, 0.1) is 6.10 Å². The van der Waals surface area contributed by atoms with E-state index in [4.69, 9.17) is 10.5 Å². The van der Waals surface area contributed by atoms with E-state index < -0.39 is 23.8 Å². The van der Waals surface area contributed by atoms with Gasteiger partial charge in [-0.2, -0.15) is 0 Å². The average Bonchev–Trinajstić information content (AvgIpc) is 2.53. The van der Waals surface area contributed by atoms with Gasteiger partial charge in [0.1, 0.15) is 11.6 Å². The number of hydrogen-bond acceptors (Lipinski definition) is 5. The number of esters is 1. The first kappa shape index (κ1) is 22.4.